The second-order valence-corrected chi connectivity index (χ2v) is 4.40. The molecular weight excluding hydrogens is 255 g/mol. The molecule has 0 unspecified atom stereocenters. The molecular formula is C16H17FN2O. The van der Waals surface area contributed by atoms with Crippen LogP contribution < -0.4 is 4.90 Å². The first kappa shape index (κ1) is 14.2. The Morgan fingerprint density at radius 2 is 1.75 bits per heavy atom. The second kappa shape index (κ2) is 6.28. The number of halogens is 1. The van der Waals surface area contributed by atoms with Gasteiger partial charge in [0.15, 0.2) is 5.78 Å². The molecule has 0 amide bonds. The molecule has 0 bridgehead atoms. The van der Waals surface area contributed by atoms with E-state index in [-0.39, 0.29) is 11.6 Å². The van der Waals surface area contributed by atoms with E-state index in [1.165, 1.54) is 12.1 Å². The Balaban J connectivity index is 2.28. The van der Waals surface area contributed by atoms with Crippen LogP contribution in [0.2, 0.25) is 0 Å². The number of Topliss-reactive ketones (excluding diaryl/α,β-unsaturated/α-hetero) is 1. The lowest BCUT2D eigenvalue weighted by Gasteiger charge is -2.23. The zero-order valence-corrected chi connectivity index (χ0v) is 11.6. The van der Waals surface area contributed by atoms with Gasteiger partial charge < -0.3 is 4.90 Å². The van der Waals surface area contributed by atoms with E-state index in [2.05, 4.69) is 4.98 Å². The molecule has 0 aliphatic heterocycles. The van der Waals surface area contributed by atoms with Crippen LogP contribution in [0.15, 0.2) is 42.6 Å². The summed E-state index contributed by atoms with van der Waals surface area (Å²) in [5.41, 5.74) is 2.25. The molecule has 0 fully saturated rings. The van der Waals surface area contributed by atoms with Crippen molar-refractivity contribution in [2.75, 3.05) is 11.4 Å². The van der Waals surface area contributed by atoms with E-state index in [1.54, 1.807) is 24.4 Å². The summed E-state index contributed by atoms with van der Waals surface area (Å²) in [6.07, 6.45) is 2.12. The van der Waals surface area contributed by atoms with E-state index in [1.807, 2.05) is 24.8 Å². The number of rotatable bonds is 5. The number of benzene rings is 1. The van der Waals surface area contributed by atoms with Crippen molar-refractivity contribution in [1.29, 1.82) is 0 Å². The van der Waals surface area contributed by atoms with Gasteiger partial charge in [0.2, 0.25) is 0 Å². The SMILES string of the molecule is CCC(=O)c1ccc(N(CC)c2ccc(F)cc2)cn1. The Labute approximate surface area is 118 Å². The fourth-order valence-corrected chi connectivity index (χ4v) is 2.03. The van der Waals surface area contributed by atoms with Crippen molar-refractivity contribution < 1.29 is 9.18 Å². The molecule has 1 aromatic carbocycles. The smallest absolute Gasteiger partial charge is 0.180 e. The van der Waals surface area contributed by atoms with Crippen LogP contribution in [-0.2, 0) is 0 Å². The average Bonchev–Trinajstić information content (AvgIpc) is 2.50. The third-order valence-electron chi connectivity index (χ3n) is 3.12. The molecule has 0 aliphatic carbocycles. The van der Waals surface area contributed by atoms with Crippen LogP contribution in [0, 0.1) is 5.82 Å². The molecule has 3 nitrogen and oxygen atoms in total. The normalized spacial score (nSPS) is 10.3. The summed E-state index contributed by atoms with van der Waals surface area (Å²) in [5, 5.41) is 0. The molecule has 104 valence electrons. The molecule has 0 N–H and O–H groups in total. The highest BCUT2D eigenvalue weighted by Crippen LogP contribution is 2.24. The summed E-state index contributed by atoms with van der Waals surface area (Å²) >= 11 is 0. The van der Waals surface area contributed by atoms with Crippen LogP contribution in [0.1, 0.15) is 30.8 Å². The molecule has 0 aliphatic rings. The summed E-state index contributed by atoms with van der Waals surface area (Å²) in [5.74, 6) is -0.229. The molecule has 20 heavy (non-hydrogen) atoms. The molecule has 0 radical (unpaired) electrons. The number of nitrogens with zero attached hydrogens (tertiary/aromatic N) is 2. The Morgan fingerprint density at radius 1 is 1.10 bits per heavy atom. The van der Waals surface area contributed by atoms with E-state index < -0.39 is 0 Å². The van der Waals surface area contributed by atoms with Crippen LogP contribution in [0.4, 0.5) is 15.8 Å². The van der Waals surface area contributed by atoms with E-state index in [9.17, 15) is 9.18 Å². The zero-order chi connectivity index (χ0) is 14.5. The van der Waals surface area contributed by atoms with Gasteiger partial charge in [0, 0.05) is 18.7 Å². The minimum atomic E-state index is -0.258. The quantitative estimate of drug-likeness (QED) is 0.772. The number of aromatic nitrogens is 1. The number of ketones is 1. The van der Waals surface area contributed by atoms with Crippen LogP contribution in [-0.4, -0.2) is 17.3 Å². The van der Waals surface area contributed by atoms with Gasteiger partial charge in [-0.05, 0) is 43.3 Å². The maximum Gasteiger partial charge on any atom is 0.180 e. The monoisotopic (exact) mass is 272 g/mol. The molecule has 0 spiro atoms. The maximum atomic E-state index is 13.0. The predicted molar refractivity (Wildman–Crippen MR) is 77.9 cm³/mol. The minimum absolute atomic E-state index is 0.0291. The van der Waals surface area contributed by atoms with E-state index in [4.69, 9.17) is 0 Å². The molecule has 2 rings (SSSR count). The first-order chi connectivity index (χ1) is 9.65. The Kier molecular flexibility index (Phi) is 4.45. The first-order valence-corrected chi connectivity index (χ1v) is 6.68. The molecule has 4 heteroatoms. The van der Waals surface area contributed by atoms with Crippen LogP contribution in [0.3, 0.4) is 0 Å². The second-order valence-electron chi connectivity index (χ2n) is 4.40. The maximum absolute atomic E-state index is 13.0. The summed E-state index contributed by atoms with van der Waals surface area (Å²) in [7, 11) is 0. The fourth-order valence-electron chi connectivity index (χ4n) is 2.03. The van der Waals surface area contributed by atoms with Crippen molar-refractivity contribution in [3.63, 3.8) is 0 Å². The number of hydrogen-bond acceptors (Lipinski definition) is 3. The number of carbonyl (C=O) groups excluding carboxylic acids is 1. The summed E-state index contributed by atoms with van der Waals surface area (Å²) in [6, 6.07) is 9.91. The third-order valence-corrected chi connectivity index (χ3v) is 3.12. The van der Waals surface area contributed by atoms with Gasteiger partial charge >= 0.3 is 0 Å². The Morgan fingerprint density at radius 3 is 2.25 bits per heavy atom. The molecule has 0 saturated carbocycles. The highest BCUT2D eigenvalue weighted by atomic mass is 19.1. The third kappa shape index (κ3) is 3.02. The van der Waals surface area contributed by atoms with Crippen molar-refractivity contribution in [2.45, 2.75) is 20.3 Å². The van der Waals surface area contributed by atoms with Gasteiger partial charge in [-0.2, -0.15) is 0 Å². The summed E-state index contributed by atoms with van der Waals surface area (Å²) < 4.78 is 13.0. The Bertz CT molecular complexity index is 578. The van der Waals surface area contributed by atoms with E-state index in [0.29, 0.717) is 12.1 Å². The molecule has 0 saturated heterocycles. The highest BCUT2D eigenvalue weighted by molar-refractivity contribution is 5.94. The van der Waals surface area contributed by atoms with E-state index in [0.717, 1.165) is 17.9 Å². The van der Waals surface area contributed by atoms with Crippen molar-refractivity contribution in [3.8, 4) is 0 Å². The predicted octanol–water partition coefficient (Wildman–Crippen LogP) is 3.97. The van der Waals surface area contributed by atoms with Crippen molar-refractivity contribution >= 4 is 17.2 Å². The standard InChI is InChI=1S/C16H17FN2O/c1-3-16(20)15-10-9-14(11-18-15)19(4-2)13-7-5-12(17)6-8-13/h5-11H,3-4H2,1-2H3. The topological polar surface area (TPSA) is 33.2 Å². The van der Waals surface area contributed by atoms with Gasteiger partial charge in [-0.25, -0.2) is 4.39 Å². The summed E-state index contributed by atoms with van der Waals surface area (Å²) in [6.45, 7) is 4.55. The van der Waals surface area contributed by atoms with Gasteiger partial charge in [-0.3, -0.25) is 9.78 Å². The zero-order valence-electron chi connectivity index (χ0n) is 11.6. The van der Waals surface area contributed by atoms with Gasteiger partial charge in [-0.1, -0.05) is 6.92 Å². The molecule has 2 aromatic rings. The lowest BCUT2D eigenvalue weighted by atomic mass is 10.2. The van der Waals surface area contributed by atoms with Crippen LogP contribution in [0.5, 0.6) is 0 Å². The number of hydrogen-bond donors (Lipinski definition) is 0. The van der Waals surface area contributed by atoms with Crippen molar-refractivity contribution in [2.24, 2.45) is 0 Å². The van der Waals surface area contributed by atoms with Crippen LogP contribution >= 0.6 is 0 Å². The Hall–Kier alpha value is -2.23. The molecule has 1 aromatic heterocycles. The number of anilines is 2. The van der Waals surface area contributed by atoms with Crippen molar-refractivity contribution in [1.82, 2.24) is 4.98 Å². The highest BCUT2D eigenvalue weighted by Gasteiger charge is 2.10. The largest absolute Gasteiger partial charge is 0.341 e. The molecule has 0 atom stereocenters. The number of pyridine rings is 1. The fraction of sp³-hybridized carbons (Fsp3) is 0.250. The first-order valence-electron chi connectivity index (χ1n) is 6.68. The minimum Gasteiger partial charge on any atom is -0.341 e. The lowest BCUT2D eigenvalue weighted by molar-refractivity contribution is 0.0983. The molecule has 1 heterocycles. The van der Waals surface area contributed by atoms with Crippen LogP contribution in [0.25, 0.3) is 0 Å². The van der Waals surface area contributed by atoms with Gasteiger partial charge in [0.25, 0.3) is 0 Å². The van der Waals surface area contributed by atoms with Gasteiger partial charge in [0.05, 0.1) is 11.9 Å². The van der Waals surface area contributed by atoms with Crippen molar-refractivity contribution in [3.05, 3.63) is 54.1 Å². The van der Waals surface area contributed by atoms with E-state index >= 15 is 0 Å². The lowest BCUT2D eigenvalue weighted by Crippen LogP contribution is -2.16. The number of carbonyl (C=O) groups is 1. The van der Waals surface area contributed by atoms with Gasteiger partial charge in [-0.15, -0.1) is 0 Å². The average molecular weight is 272 g/mol. The summed E-state index contributed by atoms with van der Waals surface area (Å²) in [4.78, 5) is 17.8. The van der Waals surface area contributed by atoms with Gasteiger partial charge in [0.1, 0.15) is 11.5 Å².